The average molecular weight is 398 g/mol. The van der Waals surface area contributed by atoms with Gasteiger partial charge in [-0.2, -0.15) is 0 Å². The summed E-state index contributed by atoms with van der Waals surface area (Å²) >= 11 is 0. The molecule has 0 aliphatic carbocycles. The smallest absolute Gasteiger partial charge is 0.227 e. The average Bonchev–Trinajstić information content (AvgIpc) is 3.15. The fourth-order valence-corrected chi connectivity index (χ4v) is 3.41. The van der Waals surface area contributed by atoms with Crippen LogP contribution in [-0.4, -0.2) is 46.2 Å². The Balaban J connectivity index is 1.53. The van der Waals surface area contributed by atoms with Crippen LogP contribution in [-0.2, 0) is 16.0 Å². The number of hydrogen-bond acceptors (Lipinski definition) is 5. The Labute approximate surface area is 170 Å². The lowest BCUT2D eigenvalue weighted by Gasteiger charge is -2.17. The first-order valence-electron chi connectivity index (χ1n) is 9.48. The zero-order valence-corrected chi connectivity index (χ0v) is 16.9. The van der Waals surface area contributed by atoms with Crippen LogP contribution in [0.4, 0.5) is 5.69 Å². The number of methoxy groups -OCH3 is 3. The van der Waals surface area contributed by atoms with Gasteiger partial charge in [0.05, 0.1) is 27.2 Å². The van der Waals surface area contributed by atoms with Crippen LogP contribution in [0, 0.1) is 5.92 Å². The Morgan fingerprint density at radius 2 is 1.76 bits per heavy atom. The fourth-order valence-electron chi connectivity index (χ4n) is 3.41. The summed E-state index contributed by atoms with van der Waals surface area (Å²) in [7, 11) is 4.78. The first kappa shape index (κ1) is 20.5. The highest BCUT2D eigenvalue weighted by atomic mass is 16.5. The summed E-state index contributed by atoms with van der Waals surface area (Å²) in [6.45, 7) is 0.870. The van der Waals surface area contributed by atoms with Crippen LogP contribution >= 0.6 is 0 Å². The van der Waals surface area contributed by atoms with Crippen LogP contribution in [0.5, 0.6) is 17.2 Å². The molecule has 29 heavy (non-hydrogen) atoms. The van der Waals surface area contributed by atoms with Gasteiger partial charge < -0.3 is 24.4 Å². The van der Waals surface area contributed by atoms with Gasteiger partial charge in [0.2, 0.25) is 11.8 Å². The molecule has 0 unspecified atom stereocenters. The van der Waals surface area contributed by atoms with E-state index < -0.39 is 0 Å². The Morgan fingerprint density at radius 3 is 2.41 bits per heavy atom. The van der Waals surface area contributed by atoms with Crippen molar-refractivity contribution in [2.75, 3.05) is 39.3 Å². The highest BCUT2D eigenvalue weighted by Crippen LogP contribution is 2.28. The summed E-state index contributed by atoms with van der Waals surface area (Å²) in [5.74, 6) is 1.56. The third kappa shape index (κ3) is 4.80. The van der Waals surface area contributed by atoms with Gasteiger partial charge in [-0.25, -0.2) is 0 Å². The quantitative estimate of drug-likeness (QED) is 0.739. The zero-order chi connectivity index (χ0) is 20.8. The number of anilines is 1. The van der Waals surface area contributed by atoms with Crippen molar-refractivity contribution in [1.82, 2.24) is 5.32 Å². The highest BCUT2D eigenvalue weighted by molar-refractivity contribution is 6.00. The lowest BCUT2D eigenvalue weighted by atomic mass is 10.1. The van der Waals surface area contributed by atoms with E-state index in [1.165, 1.54) is 0 Å². The number of carbonyl (C=O) groups is 2. The monoisotopic (exact) mass is 398 g/mol. The molecule has 1 saturated heterocycles. The number of hydrogen-bond donors (Lipinski definition) is 1. The molecular formula is C22H26N2O5. The van der Waals surface area contributed by atoms with E-state index in [1.807, 2.05) is 30.3 Å². The van der Waals surface area contributed by atoms with E-state index in [0.29, 0.717) is 31.0 Å². The van der Waals surface area contributed by atoms with Gasteiger partial charge in [0.25, 0.3) is 0 Å². The molecule has 1 atom stereocenters. The van der Waals surface area contributed by atoms with E-state index in [2.05, 4.69) is 5.32 Å². The van der Waals surface area contributed by atoms with Crippen molar-refractivity contribution >= 4 is 17.5 Å². The second-order valence-corrected chi connectivity index (χ2v) is 6.83. The van der Waals surface area contributed by atoms with Crippen LogP contribution in [0.1, 0.15) is 12.0 Å². The van der Waals surface area contributed by atoms with Crippen LogP contribution in [0.2, 0.25) is 0 Å². The van der Waals surface area contributed by atoms with E-state index in [9.17, 15) is 9.59 Å². The van der Waals surface area contributed by atoms with Crippen LogP contribution < -0.4 is 24.4 Å². The van der Waals surface area contributed by atoms with Crippen molar-refractivity contribution < 1.29 is 23.8 Å². The van der Waals surface area contributed by atoms with Crippen molar-refractivity contribution in [2.45, 2.75) is 12.8 Å². The van der Waals surface area contributed by atoms with Gasteiger partial charge in [-0.05, 0) is 48.4 Å². The molecule has 0 spiro atoms. The fraction of sp³-hybridized carbons (Fsp3) is 0.364. The topological polar surface area (TPSA) is 77.1 Å². The van der Waals surface area contributed by atoms with Gasteiger partial charge in [-0.3, -0.25) is 9.59 Å². The maximum atomic E-state index is 12.5. The minimum absolute atomic E-state index is 0.0461. The van der Waals surface area contributed by atoms with Gasteiger partial charge in [-0.1, -0.05) is 6.07 Å². The zero-order valence-electron chi connectivity index (χ0n) is 16.9. The Kier molecular flexibility index (Phi) is 6.59. The SMILES string of the molecule is COc1ccc(N2C[C@H](C(=O)NCCc3ccc(OC)c(OC)c3)CC2=O)cc1. The predicted molar refractivity (Wildman–Crippen MR) is 110 cm³/mol. The Morgan fingerprint density at radius 1 is 1.03 bits per heavy atom. The molecule has 0 saturated carbocycles. The van der Waals surface area contributed by atoms with Gasteiger partial charge >= 0.3 is 0 Å². The molecule has 0 bridgehead atoms. The van der Waals surface area contributed by atoms with Crippen molar-refractivity contribution in [3.05, 3.63) is 48.0 Å². The minimum Gasteiger partial charge on any atom is -0.497 e. The number of nitrogens with zero attached hydrogens (tertiary/aromatic N) is 1. The molecule has 2 aromatic rings. The molecule has 0 radical (unpaired) electrons. The molecule has 1 fully saturated rings. The molecule has 1 N–H and O–H groups in total. The number of rotatable bonds is 8. The Hall–Kier alpha value is -3.22. The first-order chi connectivity index (χ1) is 14.0. The van der Waals surface area contributed by atoms with Crippen molar-refractivity contribution in [3.63, 3.8) is 0 Å². The van der Waals surface area contributed by atoms with Crippen LogP contribution in [0.15, 0.2) is 42.5 Å². The van der Waals surface area contributed by atoms with Crippen molar-refractivity contribution in [3.8, 4) is 17.2 Å². The van der Waals surface area contributed by atoms with Crippen LogP contribution in [0.3, 0.4) is 0 Å². The second kappa shape index (κ2) is 9.32. The van der Waals surface area contributed by atoms with Gasteiger partial charge in [-0.15, -0.1) is 0 Å². The Bertz CT molecular complexity index is 866. The van der Waals surface area contributed by atoms with E-state index in [4.69, 9.17) is 14.2 Å². The molecule has 2 amide bonds. The van der Waals surface area contributed by atoms with E-state index in [0.717, 1.165) is 17.0 Å². The summed E-state index contributed by atoms with van der Waals surface area (Å²) in [5, 5.41) is 2.94. The number of carbonyl (C=O) groups excluding carboxylic acids is 2. The van der Waals surface area contributed by atoms with Crippen LogP contribution in [0.25, 0.3) is 0 Å². The second-order valence-electron chi connectivity index (χ2n) is 6.83. The summed E-state index contributed by atoms with van der Waals surface area (Å²) in [6.07, 6.45) is 0.878. The molecule has 1 aliphatic rings. The summed E-state index contributed by atoms with van der Waals surface area (Å²) in [4.78, 5) is 26.5. The van der Waals surface area contributed by atoms with E-state index in [-0.39, 0.29) is 24.2 Å². The summed E-state index contributed by atoms with van der Waals surface area (Å²) < 4.78 is 15.7. The standard InChI is InChI=1S/C22H26N2O5/c1-27-18-7-5-17(6-8-18)24-14-16(13-21(24)25)22(26)23-11-10-15-4-9-19(28-2)20(12-15)29-3/h4-9,12,16H,10-11,13-14H2,1-3H3,(H,23,26)/t16-/m1/s1. The number of nitrogens with one attached hydrogen (secondary N) is 1. The largest absolute Gasteiger partial charge is 0.497 e. The molecule has 1 aliphatic heterocycles. The lowest BCUT2D eigenvalue weighted by Crippen LogP contribution is -2.34. The first-order valence-corrected chi connectivity index (χ1v) is 9.48. The van der Waals surface area contributed by atoms with E-state index in [1.54, 1.807) is 38.4 Å². The maximum absolute atomic E-state index is 12.5. The summed E-state index contributed by atoms with van der Waals surface area (Å²) in [6, 6.07) is 13.0. The number of amides is 2. The molecular weight excluding hydrogens is 372 g/mol. The van der Waals surface area contributed by atoms with Crippen molar-refractivity contribution in [1.29, 1.82) is 0 Å². The van der Waals surface area contributed by atoms with Gasteiger partial charge in [0.1, 0.15) is 5.75 Å². The number of benzene rings is 2. The minimum atomic E-state index is -0.352. The highest BCUT2D eigenvalue weighted by Gasteiger charge is 2.34. The molecule has 3 rings (SSSR count). The summed E-state index contributed by atoms with van der Waals surface area (Å²) in [5.41, 5.74) is 1.81. The molecule has 1 heterocycles. The predicted octanol–water partition coefficient (Wildman–Crippen LogP) is 2.42. The molecule has 154 valence electrons. The lowest BCUT2D eigenvalue weighted by molar-refractivity contribution is -0.126. The molecule has 7 heteroatoms. The van der Waals surface area contributed by atoms with Gasteiger partial charge in [0.15, 0.2) is 11.5 Å². The normalized spacial score (nSPS) is 15.9. The molecule has 7 nitrogen and oxygen atoms in total. The van der Waals surface area contributed by atoms with E-state index >= 15 is 0 Å². The number of ether oxygens (including phenoxy) is 3. The third-order valence-corrected chi connectivity index (χ3v) is 5.04. The van der Waals surface area contributed by atoms with Crippen molar-refractivity contribution in [2.24, 2.45) is 5.92 Å². The molecule has 2 aromatic carbocycles. The molecule has 0 aromatic heterocycles. The third-order valence-electron chi connectivity index (χ3n) is 5.04. The van der Waals surface area contributed by atoms with Gasteiger partial charge in [0, 0.05) is 25.2 Å². The maximum Gasteiger partial charge on any atom is 0.227 e.